The van der Waals surface area contributed by atoms with Crippen LogP contribution in [0.3, 0.4) is 0 Å². The highest BCUT2D eigenvalue weighted by molar-refractivity contribution is 7.90. The fourth-order valence-corrected chi connectivity index (χ4v) is 6.63. The van der Waals surface area contributed by atoms with Gasteiger partial charge in [-0.15, -0.1) is 11.3 Å². The van der Waals surface area contributed by atoms with Gasteiger partial charge in [0, 0.05) is 57.5 Å². The van der Waals surface area contributed by atoms with Crippen LogP contribution in [0.1, 0.15) is 24.0 Å². The molecule has 49 heavy (non-hydrogen) atoms. The normalized spacial score (nSPS) is 12.0. The molecule has 3 heterocycles. The average Bonchev–Trinajstić information content (AvgIpc) is 3.49. The summed E-state index contributed by atoms with van der Waals surface area (Å²) in [4.78, 5) is 48.8. The summed E-state index contributed by atoms with van der Waals surface area (Å²) < 4.78 is 50.9. The van der Waals surface area contributed by atoms with Gasteiger partial charge in [-0.3, -0.25) is 24.4 Å². The Balaban J connectivity index is 1.34. The van der Waals surface area contributed by atoms with Gasteiger partial charge in [-0.25, -0.2) is 12.8 Å². The fraction of sp³-hybridized carbons (Fsp3) is 0.206. The summed E-state index contributed by atoms with van der Waals surface area (Å²) in [6, 6.07) is 16.3. The van der Waals surface area contributed by atoms with Crippen molar-refractivity contribution in [3.8, 4) is 22.1 Å². The Morgan fingerprint density at radius 3 is 2.49 bits per heavy atom. The smallest absolute Gasteiger partial charge is 0.241 e. The molecule has 3 N–H and O–H groups in total. The molecule has 0 aliphatic rings. The minimum Gasteiger partial charge on any atom is -0.453 e. The molecule has 15 heteroatoms. The molecule has 0 aliphatic heterocycles. The number of thiophene rings is 1. The Hall–Kier alpha value is -5.25. The van der Waals surface area contributed by atoms with Crippen molar-refractivity contribution in [3.05, 3.63) is 96.1 Å². The number of ether oxygens (including phenoxy) is 2. The predicted octanol–water partition coefficient (Wildman–Crippen LogP) is 4.90. The molecule has 5 rings (SSSR count). The fourth-order valence-electron chi connectivity index (χ4n) is 4.92. The van der Waals surface area contributed by atoms with Crippen LogP contribution in [0.15, 0.2) is 84.0 Å². The number of amides is 3. The largest absolute Gasteiger partial charge is 0.453 e. The summed E-state index contributed by atoms with van der Waals surface area (Å²) in [5.41, 5.74) is 7.77. The Morgan fingerprint density at radius 1 is 1.04 bits per heavy atom. The zero-order valence-corrected chi connectivity index (χ0v) is 28.3. The predicted molar refractivity (Wildman–Crippen MR) is 182 cm³/mol. The lowest BCUT2D eigenvalue weighted by Crippen LogP contribution is -2.32. The van der Waals surface area contributed by atoms with Crippen LogP contribution in [0.5, 0.6) is 11.5 Å². The molecule has 254 valence electrons. The molecular formula is C34H32FN5O7S2. The number of nitrogens with zero attached hydrogens (tertiary/aromatic N) is 3. The van der Waals surface area contributed by atoms with Crippen molar-refractivity contribution in [2.24, 2.45) is 5.73 Å². The van der Waals surface area contributed by atoms with Crippen LogP contribution < -0.4 is 15.8 Å². The molecule has 2 aromatic carbocycles. The van der Waals surface area contributed by atoms with Crippen molar-refractivity contribution < 1.29 is 36.7 Å². The van der Waals surface area contributed by atoms with Crippen LogP contribution in [-0.2, 0) is 35.5 Å². The number of anilines is 1. The Kier molecular flexibility index (Phi) is 10.7. The van der Waals surface area contributed by atoms with Crippen LogP contribution in [-0.4, -0.2) is 67.5 Å². The molecule has 0 fully saturated rings. The van der Waals surface area contributed by atoms with Gasteiger partial charge in [-0.2, -0.15) is 0 Å². The van der Waals surface area contributed by atoms with E-state index >= 15 is 4.39 Å². The van der Waals surface area contributed by atoms with Crippen molar-refractivity contribution in [1.82, 2.24) is 14.9 Å². The molecule has 0 saturated carbocycles. The van der Waals surface area contributed by atoms with E-state index in [9.17, 15) is 22.8 Å². The van der Waals surface area contributed by atoms with Gasteiger partial charge in [-0.05, 0) is 53.6 Å². The summed E-state index contributed by atoms with van der Waals surface area (Å²) in [6.45, 7) is 2.79. The summed E-state index contributed by atoms with van der Waals surface area (Å²) in [5.74, 6) is -4.22. The van der Waals surface area contributed by atoms with E-state index in [2.05, 4.69) is 15.3 Å². The van der Waals surface area contributed by atoms with Crippen molar-refractivity contribution in [2.45, 2.75) is 24.3 Å². The number of methoxy groups -OCH3 is 1. The lowest BCUT2D eigenvalue weighted by molar-refractivity contribution is -0.130. The molecule has 0 spiro atoms. The number of hydrogen-bond acceptors (Lipinski definition) is 10. The van der Waals surface area contributed by atoms with Crippen molar-refractivity contribution in [2.75, 3.05) is 31.8 Å². The van der Waals surface area contributed by atoms with Gasteiger partial charge in [0.1, 0.15) is 11.7 Å². The van der Waals surface area contributed by atoms with Crippen LogP contribution in [0.25, 0.3) is 20.8 Å². The number of carbonyl (C=O) groups is 3. The van der Waals surface area contributed by atoms with Gasteiger partial charge in [0.25, 0.3) is 0 Å². The van der Waals surface area contributed by atoms with E-state index in [1.54, 1.807) is 24.3 Å². The monoisotopic (exact) mass is 705 g/mol. The summed E-state index contributed by atoms with van der Waals surface area (Å²) >= 11 is 1.35. The van der Waals surface area contributed by atoms with E-state index in [4.69, 9.17) is 15.2 Å². The third-order valence-electron chi connectivity index (χ3n) is 7.42. The number of halogens is 1. The first-order valence-corrected chi connectivity index (χ1v) is 17.5. The third-order valence-corrected chi connectivity index (χ3v) is 9.69. The van der Waals surface area contributed by atoms with Crippen LogP contribution in [0.2, 0.25) is 0 Å². The minimum atomic E-state index is -3.55. The van der Waals surface area contributed by atoms with Gasteiger partial charge >= 0.3 is 0 Å². The van der Waals surface area contributed by atoms with E-state index in [1.807, 2.05) is 18.2 Å². The molecular weight excluding hydrogens is 674 g/mol. The summed E-state index contributed by atoms with van der Waals surface area (Å²) in [5, 5.41) is 2.48. The second-order valence-corrected chi connectivity index (χ2v) is 14.1. The zero-order valence-electron chi connectivity index (χ0n) is 26.7. The third kappa shape index (κ3) is 8.43. The number of rotatable bonds is 13. The maximum atomic E-state index is 15.4. The van der Waals surface area contributed by atoms with Crippen molar-refractivity contribution in [1.29, 1.82) is 0 Å². The maximum Gasteiger partial charge on any atom is 0.241 e. The Bertz CT molecular complexity index is 2140. The van der Waals surface area contributed by atoms with E-state index < -0.39 is 33.4 Å². The Labute approximate surface area is 285 Å². The zero-order chi connectivity index (χ0) is 35.3. The molecule has 5 aromatic rings. The summed E-state index contributed by atoms with van der Waals surface area (Å²) in [6.07, 6.45) is 4.26. The second-order valence-electron chi connectivity index (χ2n) is 11.0. The van der Waals surface area contributed by atoms with Crippen LogP contribution in [0, 0.1) is 5.82 Å². The van der Waals surface area contributed by atoms with Gasteiger partial charge in [0.15, 0.2) is 21.4 Å². The standard InChI is InChI=1S/C34H32FN5O7S2/c1-20(41)40(13-14-46-2)19-21-7-9-26(38-18-21)30-17-27-32(48-30)29(11-12-37-27)47-28-10-8-22(15-25(28)35)31(33(36)42)34(43)39-23-5-4-6-24(16-23)49(3,44)45/h4-12,15-18,31H,13-14,19H2,1-3H3,(H2,36,42)(H,39,43). The number of benzene rings is 2. The molecule has 0 aliphatic carbocycles. The number of sulfone groups is 1. The quantitative estimate of drug-likeness (QED) is 0.162. The number of nitrogens with two attached hydrogens (primary N) is 1. The first-order valence-electron chi connectivity index (χ1n) is 14.8. The molecule has 3 amide bonds. The van der Waals surface area contributed by atoms with Crippen molar-refractivity contribution in [3.63, 3.8) is 0 Å². The van der Waals surface area contributed by atoms with E-state index in [-0.39, 0.29) is 27.8 Å². The number of fused-ring (bicyclic) bond motifs is 1. The number of hydrogen-bond donors (Lipinski definition) is 2. The lowest BCUT2D eigenvalue weighted by Gasteiger charge is -2.20. The highest BCUT2D eigenvalue weighted by atomic mass is 32.2. The molecule has 0 radical (unpaired) electrons. The van der Waals surface area contributed by atoms with E-state index in [0.29, 0.717) is 41.4 Å². The summed E-state index contributed by atoms with van der Waals surface area (Å²) in [7, 11) is -1.97. The molecule has 1 atom stereocenters. The van der Waals surface area contributed by atoms with Gasteiger partial charge in [-0.1, -0.05) is 18.2 Å². The van der Waals surface area contributed by atoms with Gasteiger partial charge < -0.3 is 25.4 Å². The molecule has 0 saturated heterocycles. The second kappa shape index (κ2) is 14.9. The lowest BCUT2D eigenvalue weighted by atomic mass is 9.97. The maximum absolute atomic E-state index is 15.4. The van der Waals surface area contributed by atoms with Gasteiger partial charge in [0.2, 0.25) is 17.7 Å². The van der Waals surface area contributed by atoms with Crippen LogP contribution >= 0.6 is 11.3 Å². The number of carbonyl (C=O) groups excluding carboxylic acids is 3. The number of aromatic nitrogens is 2. The highest BCUT2D eigenvalue weighted by Gasteiger charge is 2.28. The Morgan fingerprint density at radius 2 is 1.84 bits per heavy atom. The molecule has 12 nitrogen and oxygen atoms in total. The van der Waals surface area contributed by atoms with E-state index in [1.165, 1.54) is 60.9 Å². The molecule has 1 unspecified atom stereocenters. The average molecular weight is 706 g/mol. The first kappa shape index (κ1) is 35.1. The van der Waals surface area contributed by atoms with Gasteiger partial charge in [0.05, 0.1) is 32.3 Å². The van der Waals surface area contributed by atoms with Crippen LogP contribution in [0.4, 0.5) is 10.1 Å². The number of pyridine rings is 2. The molecule has 3 aromatic heterocycles. The molecule has 0 bridgehead atoms. The van der Waals surface area contributed by atoms with Crippen molar-refractivity contribution >= 4 is 54.8 Å². The minimum absolute atomic E-state index is 0.0213. The topological polar surface area (TPSA) is 171 Å². The van der Waals surface area contributed by atoms with E-state index in [0.717, 1.165) is 22.8 Å². The number of primary amides is 1. The SMILES string of the molecule is COCCN(Cc1ccc(-c2cc3nccc(Oc4ccc(C(C(N)=O)C(=O)Nc5cccc(S(C)(=O)=O)c5)cc4F)c3s2)nc1)C(C)=O. The highest BCUT2D eigenvalue weighted by Crippen LogP contribution is 2.39. The first-order chi connectivity index (χ1) is 23.3. The number of nitrogens with one attached hydrogen (secondary N) is 1.